The van der Waals surface area contributed by atoms with Crippen LogP contribution in [0, 0.1) is 0 Å². The number of hydrogen-bond donors (Lipinski definition) is 3. The van der Waals surface area contributed by atoms with Crippen molar-refractivity contribution in [1.29, 1.82) is 0 Å². The van der Waals surface area contributed by atoms with E-state index >= 15 is 0 Å². The summed E-state index contributed by atoms with van der Waals surface area (Å²) in [6, 6.07) is 7.91. The molecular weight excluding hydrogens is 228 g/mol. The molecule has 5 heteroatoms. The summed E-state index contributed by atoms with van der Waals surface area (Å²) in [5.74, 6) is -0.167. The van der Waals surface area contributed by atoms with Gasteiger partial charge in [-0.05, 0) is 25.6 Å². The molecule has 1 atom stereocenters. The lowest BCUT2D eigenvalue weighted by molar-refractivity contribution is 0.102. The van der Waals surface area contributed by atoms with Crippen molar-refractivity contribution in [2.24, 2.45) is 0 Å². The fourth-order valence-corrected chi connectivity index (χ4v) is 1.71. The topological polar surface area (TPSA) is 69.8 Å². The van der Waals surface area contributed by atoms with Gasteiger partial charge in [0.2, 0.25) is 0 Å². The summed E-state index contributed by atoms with van der Waals surface area (Å²) < 4.78 is 0. The fourth-order valence-electron chi connectivity index (χ4n) is 1.71. The molecule has 0 spiro atoms. The summed E-state index contributed by atoms with van der Waals surface area (Å²) in [4.78, 5) is 11.9. The number of aromatic amines is 1. The highest BCUT2D eigenvalue weighted by Gasteiger charge is 2.12. The van der Waals surface area contributed by atoms with E-state index in [2.05, 4.69) is 20.8 Å². The monoisotopic (exact) mass is 244 g/mol. The van der Waals surface area contributed by atoms with Gasteiger partial charge in [-0.1, -0.05) is 18.2 Å². The van der Waals surface area contributed by atoms with Crippen molar-refractivity contribution in [3.8, 4) is 0 Å². The molecule has 1 aromatic heterocycles. The van der Waals surface area contributed by atoms with Gasteiger partial charge in [-0.15, -0.1) is 0 Å². The maximum absolute atomic E-state index is 11.9. The number of para-hydroxylation sites is 1. The molecule has 0 aliphatic rings. The number of anilines is 1. The zero-order chi connectivity index (χ0) is 13.0. The third-order valence-electron chi connectivity index (χ3n) is 2.87. The Labute approximate surface area is 106 Å². The number of hydrogen-bond acceptors (Lipinski definition) is 3. The Morgan fingerprint density at radius 1 is 1.39 bits per heavy atom. The van der Waals surface area contributed by atoms with Gasteiger partial charge in [-0.2, -0.15) is 5.10 Å². The predicted molar refractivity (Wildman–Crippen MR) is 70.5 cm³/mol. The zero-order valence-corrected chi connectivity index (χ0v) is 10.4. The third kappa shape index (κ3) is 2.57. The number of rotatable bonds is 4. The molecule has 0 fully saturated rings. The molecular formula is C13H16N4O. The van der Waals surface area contributed by atoms with Gasteiger partial charge < -0.3 is 10.6 Å². The van der Waals surface area contributed by atoms with Crippen molar-refractivity contribution in [2.45, 2.75) is 13.0 Å². The van der Waals surface area contributed by atoms with Crippen LogP contribution in [0.5, 0.6) is 0 Å². The van der Waals surface area contributed by atoms with Crippen LogP contribution in [0.3, 0.4) is 0 Å². The Bertz CT molecular complexity index is 522. The highest BCUT2D eigenvalue weighted by atomic mass is 16.1. The molecule has 0 aliphatic carbocycles. The van der Waals surface area contributed by atoms with E-state index < -0.39 is 0 Å². The average molecular weight is 244 g/mol. The van der Waals surface area contributed by atoms with Gasteiger partial charge in [0.15, 0.2) is 0 Å². The molecule has 1 amide bonds. The highest BCUT2D eigenvalue weighted by molar-refractivity contribution is 6.04. The SMILES string of the molecule is CNC(C)c1ccccc1NC(=O)c1cn[nH]c1. The summed E-state index contributed by atoms with van der Waals surface area (Å²) in [6.07, 6.45) is 3.07. The predicted octanol–water partition coefficient (Wildman–Crippen LogP) is 1.94. The van der Waals surface area contributed by atoms with E-state index in [-0.39, 0.29) is 11.9 Å². The number of carbonyl (C=O) groups is 1. The van der Waals surface area contributed by atoms with E-state index in [9.17, 15) is 4.79 Å². The van der Waals surface area contributed by atoms with Crippen LogP contribution in [0.25, 0.3) is 0 Å². The number of amides is 1. The third-order valence-corrected chi connectivity index (χ3v) is 2.87. The van der Waals surface area contributed by atoms with Crippen LogP contribution in [0.1, 0.15) is 28.9 Å². The molecule has 3 N–H and O–H groups in total. The first kappa shape index (κ1) is 12.3. The van der Waals surface area contributed by atoms with E-state index in [4.69, 9.17) is 0 Å². The highest BCUT2D eigenvalue weighted by Crippen LogP contribution is 2.22. The number of H-pyrrole nitrogens is 1. The second-order valence-corrected chi connectivity index (χ2v) is 4.04. The van der Waals surface area contributed by atoms with Crippen molar-refractivity contribution in [3.05, 3.63) is 47.8 Å². The standard InChI is InChI=1S/C13H16N4O/c1-9(14-2)11-5-3-4-6-12(11)17-13(18)10-7-15-16-8-10/h3-9,14H,1-2H3,(H,15,16)(H,17,18). The number of carbonyl (C=O) groups excluding carboxylic acids is 1. The van der Waals surface area contributed by atoms with E-state index in [1.54, 1.807) is 6.20 Å². The smallest absolute Gasteiger partial charge is 0.258 e. The molecule has 0 radical (unpaired) electrons. The molecule has 1 aromatic carbocycles. The maximum atomic E-state index is 11.9. The first-order valence-electron chi connectivity index (χ1n) is 5.78. The van der Waals surface area contributed by atoms with Gasteiger partial charge in [0, 0.05) is 17.9 Å². The van der Waals surface area contributed by atoms with Gasteiger partial charge in [-0.25, -0.2) is 0 Å². The Kier molecular flexibility index (Phi) is 3.74. The maximum Gasteiger partial charge on any atom is 0.258 e. The normalized spacial score (nSPS) is 12.1. The molecule has 0 saturated heterocycles. The van der Waals surface area contributed by atoms with E-state index in [0.29, 0.717) is 5.56 Å². The summed E-state index contributed by atoms with van der Waals surface area (Å²) in [7, 11) is 1.89. The minimum Gasteiger partial charge on any atom is -0.322 e. The average Bonchev–Trinajstić information content (AvgIpc) is 2.92. The van der Waals surface area contributed by atoms with Crippen LogP contribution < -0.4 is 10.6 Å². The lowest BCUT2D eigenvalue weighted by Crippen LogP contribution is -2.17. The largest absolute Gasteiger partial charge is 0.322 e. The molecule has 1 unspecified atom stereocenters. The second kappa shape index (κ2) is 5.46. The minimum absolute atomic E-state index is 0.167. The van der Waals surface area contributed by atoms with Gasteiger partial charge in [0.05, 0.1) is 11.8 Å². The lowest BCUT2D eigenvalue weighted by Gasteiger charge is -2.16. The van der Waals surface area contributed by atoms with Crippen molar-refractivity contribution in [2.75, 3.05) is 12.4 Å². The number of benzene rings is 1. The Morgan fingerprint density at radius 3 is 2.83 bits per heavy atom. The molecule has 94 valence electrons. The second-order valence-electron chi connectivity index (χ2n) is 4.04. The zero-order valence-electron chi connectivity index (χ0n) is 10.4. The molecule has 18 heavy (non-hydrogen) atoms. The minimum atomic E-state index is -0.167. The molecule has 2 aromatic rings. The Hall–Kier alpha value is -2.14. The lowest BCUT2D eigenvalue weighted by atomic mass is 10.1. The van der Waals surface area contributed by atoms with Crippen LogP contribution >= 0.6 is 0 Å². The fraction of sp³-hybridized carbons (Fsp3) is 0.231. The van der Waals surface area contributed by atoms with Crippen molar-refractivity contribution in [3.63, 3.8) is 0 Å². The molecule has 0 bridgehead atoms. The number of nitrogens with one attached hydrogen (secondary N) is 3. The van der Waals surface area contributed by atoms with E-state index in [1.165, 1.54) is 6.20 Å². The van der Waals surface area contributed by atoms with Crippen LogP contribution in [0.4, 0.5) is 5.69 Å². The van der Waals surface area contributed by atoms with Crippen molar-refractivity contribution < 1.29 is 4.79 Å². The van der Waals surface area contributed by atoms with Crippen molar-refractivity contribution in [1.82, 2.24) is 15.5 Å². The van der Waals surface area contributed by atoms with E-state index in [1.807, 2.05) is 38.2 Å². The van der Waals surface area contributed by atoms with Crippen molar-refractivity contribution >= 4 is 11.6 Å². The Morgan fingerprint density at radius 2 is 2.17 bits per heavy atom. The summed E-state index contributed by atoms with van der Waals surface area (Å²) >= 11 is 0. The quantitative estimate of drug-likeness (QED) is 0.769. The van der Waals surface area contributed by atoms with Crippen LogP contribution in [0.15, 0.2) is 36.7 Å². The summed E-state index contributed by atoms with van der Waals surface area (Å²) in [6.45, 7) is 2.04. The Balaban J connectivity index is 2.21. The molecule has 1 heterocycles. The molecule has 2 rings (SSSR count). The van der Waals surface area contributed by atoms with Gasteiger partial charge in [0.1, 0.15) is 0 Å². The van der Waals surface area contributed by atoms with E-state index in [0.717, 1.165) is 11.3 Å². The number of nitrogens with zero attached hydrogens (tertiary/aromatic N) is 1. The molecule has 0 saturated carbocycles. The van der Waals surface area contributed by atoms with Crippen LogP contribution in [-0.2, 0) is 0 Å². The van der Waals surface area contributed by atoms with Gasteiger partial charge in [0.25, 0.3) is 5.91 Å². The first-order valence-corrected chi connectivity index (χ1v) is 5.78. The summed E-state index contributed by atoms with van der Waals surface area (Å²) in [5.41, 5.74) is 2.38. The molecule has 5 nitrogen and oxygen atoms in total. The van der Waals surface area contributed by atoms with Gasteiger partial charge in [-0.3, -0.25) is 9.89 Å². The van der Waals surface area contributed by atoms with Crippen LogP contribution in [-0.4, -0.2) is 23.2 Å². The first-order chi connectivity index (χ1) is 8.72. The molecule has 0 aliphatic heterocycles. The van der Waals surface area contributed by atoms with Gasteiger partial charge >= 0.3 is 0 Å². The summed E-state index contributed by atoms with van der Waals surface area (Å²) in [5, 5.41) is 12.4. The van der Waals surface area contributed by atoms with Crippen LogP contribution in [0.2, 0.25) is 0 Å². The number of aromatic nitrogens is 2.